The molecule has 0 bridgehead atoms. The number of nitrogen functional groups attached to an aromatic ring is 1. The molecule has 158 valence electrons. The van der Waals surface area contributed by atoms with E-state index in [4.69, 9.17) is 16.0 Å². The van der Waals surface area contributed by atoms with Gasteiger partial charge in [-0.15, -0.1) is 5.10 Å². The fraction of sp³-hybridized carbons (Fsp3) is 0.250. The Morgan fingerprint density at radius 2 is 1.88 bits per heavy atom. The van der Waals surface area contributed by atoms with Crippen molar-refractivity contribution in [2.45, 2.75) is 32.2 Å². The van der Waals surface area contributed by atoms with E-state index >= 15 is 0 Å². The third-order valence-corrected chi connectivity index (χ3v) is 5.78. The molecule has 0 aliphatic heterocycles. The van der Waals surface area contributed by atoms with Crippen LogP contribution < -0.4 is 5.73 Å². The van der Waals surface area contributed by atoms with Gasteiger partial charge in [-0.1, -0.05) is 30.3 Å². The zero-order valence-electron chi connectivity index (χ0n) is 17.7. The summed E-state index contributed by atoms with van der Waals surface area (Å²) in [6.07, 6.45) is 4.42. The molecule has 4 aromatic rings. The molecular formula is C24H22N8. The first-order valence-electron chi connectivity index (χ1n) is 10.6. The summed E-state index contributed by atoms with van der Waals surface area (Å²) in [5.41, 5.74) is 11.2. The molecule has 1 saturated carbocycles. The van der Waals surface area contributed by atoms with Crippen LogP contribution in [0.25, 0.3) is 22.6 Å². The number of hydrogen-bond acceptors (Lipinski definition) is 7. The molecule has 8 heteroatoms. The van der Waals surface area contributed by atoms with E-state index in [0.29, 0.717) is 35.1 Å². The van der Waals surface area contributed by atoms with Crippen molar-refractivity contribution in [3.05, 3.63) is 71.7 Å². The number of nitriles is 1. The summed E-state index contributed by atoms with van der Waals surface area (Å²) in [6.45, 7) is 2.77. The van der Waals surface area contributed by atoms with E-state index in [2.05, 4.69) is 45.4 Å². The molecule has 1 unspecified atom stereocenters. The summed E-state index contributed by atoms with van der Waals surface area (Å²) in [6, 6.07) is 17.3. The lowest BCUT2D eigenvalue weighted by Gasteiger charge is -2.10. The number of nitrogens with two attached hydrogens (primary N) is 1. The van der Waals surface area contributed by atoms with Gasteiger partial charge in [0, 0.05) is 17.2 Å². The molecule has 0 spiro atoms. The smallest absolute Gasteiger partial charge is 0.221 e. The molecule has 3 aromatic heterocycles. The first-order chi connectivity index (χ1) is 15.6. The molecule has 0 amide bonds. The Bertz CT molecular complexity index is 1320. The zero-order chi connectivity index (χ0) is 22.1. The van der Waals surface area contributed by atoms with Crippen LogP contribution in [0.1, 0.15) is 42.6 Å². The Morgan fingerprint density at radius 1 is 1.06 bits per heavy atom. The molecular weight excluding hydrogens is 400 g/mol. The van der Waals surface area contributed by atoms with Crippen LogP contribution >= 0.6 is 0 Å². The first kappa shape index (κ1) is 19.8. The molecule has 0 saturated heterocycles. The lowest BCUT2D eigenvalue weighted by molar-refractivity contribution is 0.614. The lowest BCUT2D eigenvalue weighted by Crippen LogP contribution is -2.06. The fourth-order valence-corrected chi connectivity index (χ4v) is 3.83. The van der Waals surface area contributed by atoms with Gasteiger partial charge in [0.05, 0.1) is 41.5 Å². The van der Waals surface area contributed by atoms with Crippen LogP contribution in [0, 0.1) is 17.2 Å². The standard InChI is InChI=1S/C24H22N8/c1-15(17-8-9-17)20-7-3-6-19(27-20)13-32-14-23(30-31-32)22-11-21(28-24(26)29-22)18-5-2-4-16(10-18)12-25/h2-7,10-11,14-15,17H,8-9,13H2,1H3,(H2,26,28,29). The van der Waals surface area contributed by atoms with Crippen LogP contribution in [-0.2, 0) is 6.54 Å². The van der Waals surface area contributed by atoms with Crippen molar-refractivity contribution in [1.29, 1.82) is 5.26 Å². The second kappa shape index (κ2) is 8.19. The summed E-state index contributed by atoms with van der Waals surface area (Å²) in [7, 11) is 0. The number of rotatable bonds is 6. The van der Waals surface area contributed by atoms with Gasteiger partial charge in [0.1, 0.15) is 5.69 Å². The molecule has 1 aliphatic carbocycles. The fourth-order valence-electron chi connectivity index (χ4n) is 3.83. The van der Waals surface area contributed by atoms with Crippen LogP contribution in [0.3, 0.4) is 0 Å². The molecule has 1 aromatic carbocycles. The Labute approximate surface area is 185 Å². The van der Waals surface area contributed by atoms with Crippen LogP contribution in [0.2, 0.25) is 0 Å². The molecule has 3 heterocycles. The summed E-state index contributed by atoms with van der Waals surface area (Å²) >= 11 is 0. The molecule has 1 aliphatic rings. The summed E-state index contributed by atoms with van der Waals surface area (Å²) in [4.78, 5) is 13.5. The Balaban J connectivity index is 1.39. The Kier molecular flexibility index (Phi) is 5.07. The van der Waals surface area contributed by atoms with Gasteiger partial charge in [0.25, 0.3) is 0 Å². The van der Waals surface area contributed by atoms with Crippen LogP contribution in [0.15, 0.2) is 54.7 Å². The monoisotopic (exact) mass is 422 g/mol. The van der Waals surface area contributed by atoms with E-state index in [1.165, 1.54) is 12.8 Å². The number of anilines is 1. The van der Waals surface area contributed by atoms with Gasteiger partial charge < -0.3 is 5.73 Å². The van der Waals surface area contributed by atoms with Crippen LogP contribution in [-0.4, -0.2) is 29.9 Å². The number of nitrogens with zero attached hydrogens (tertiary/aromatic N) is 7. The van der Waals surface area contributed by atoms with Crippen molar-refractivity contribution in [3.8, 4) is 28.7 Å². The van der Waals surface area contributed by atoms with E-state index in [1.54, 1.807) is 22.9 Å². The van der Waals surface area contributed by atoms with E-state index in [9.17, 15) is 0 Å². The molecule has 2 N–H and O–H groups in total. The van der Waals surface area contributed by atoms with E-state index in [1.807, 2.05) is 24.4 Å². The quantitative estimate of drug-likeness (QED) is 0.502. The van der Waals surface area contributed by atoms with Crippen molar-refractivity contribution < 1.29 is 0 Å². The normalized spacial score (nSPS) is 14.1. The molecule has 5 rings (SSSR count). The predicted octanol–water partition coefficient (Wildman–Crippen LogP) is 3.81. The minimum absolute atomic E-state index is 0.137. The van der Waals surface area contributed by atoms with Gasteiger partial charge in [-0.2, -0.15) is 5.26 Å². The van der Waals surface area contributed by atoms with E-state index in [-0.39, 0.29) is 5.95 Å². The highest BCUT2D eigenvalue weighted by molar-refractivity contribution is 5.68. The van der Waals surface area contributed by atoms with Gasteiger partial charge in [0.15, 0.2) is 0 Å². The highest BCUT2D eigenvalue weighted by Crippen LogP contribution is 2.41. The van der Waals surface area contributed by atoms with Gasteiger partial charge in [-0.3, -0.25) is 4.98 Å². The SMILES string of the molecule is CC(c1cccc(Cn2cc(-c3cc(-c4cccc(C#N)c4)nc(N)n3)nn2)n1)C1CC1. The largest absolute Gasteiger partial charge is 0.368 e. The molecule has 32 heavy (non-hydrogen) atoms. The molecule has 8 nitrogen and oxygen atoms in total. The maximum Gasteiger partial charge on any atom is 0.221 e. The summed E-state index contributed by atoms with van der Waals surface area (Å²) in [5.74, 6) is 1.39. The van der Waals surface area contributed by atoms with Crippen molar-refractivity contribution in [2.24, 2.45) is 5.92 Å². The summed E-state index contributed by atoms with van der Waals surface area (Å²) < 4.78 is 1.75. The zero-order valence-corrected chi connectivity index (χ0v) is 17.7. The molecule has 0 radical (unpaired) electrons. The average Bonchev–Trinajstić information content (AvgIpc) is 3.57. The topological polar surface area (TPSA) is 119 Å². The van der Waals surface area contributed by atoms with Gasteiger partial charge in [-0.25, -0.2) is 14.6 Å². The number of pyridine rings is 1. The van der Waals surface area contributed by atoms with Crippen molar-refractivity contribution in [2.75, 3.05) is 5.73 Å². The Hall–Kier alpha value is -4.12. The molecule has 1 atom stereocenters. The van der Waals surface area contributed by atoms with Crippen LogP contribution in [0.4, 0.5) is 5.95 Å². The average molecular weight is 422 g/mol. The maximum absolute atomic E-state index is 9.16. The second-order valence-corrected chi connectivity index (χ2v) is 8.17. The Morgan fingerprint density at radius 3 is 2.69 bits per heavy atom. The van der Waals surface area contributed by atoms with Crippen molar-refractivity contribution in [1.82, 2.24) is 29.9 Å². The first-order valence-corrected chi connectivity index (χ1v) is 10.6. The minimum Gasteiger partial charge on any atom is -0.368 e. The third kappa shape index (κ3) is 4.18. The highest BCUT2D eigenvalue weighted by Gasteiger charge is 2.29. The van der Waals surface area contributed by atoms with Crippen LogP contribution in [0.5, 0.6) is 0 Å². The van der Waals surface area contributed by atoms with Gasteiger partial charge >= 0.3 is 0 Å². The van der Waals surface area contributed by atoms with E-state index < -0.39 is 0 Å². The summed E-state index contributed by atoms with van der Waals surface area (Å²) in [5, 5.41) is 17.7. The number of hydrogen-bond donors (Lipinski definition) is 1. The molecule has 1 fully saturated rings. The van der Waals surface area contributed by atoms with Gasteiger partial charge in [-0.05, 0) is 49.1 Å². The lowest BCUT2D eigenvalue weighted by atomic mass is 10.0. The van der Waals surface area contributed by atoms with E-state index in [0.717, 1.165) is 22.9 Å². The van der Waals surface area contributed by atoms with Crippen molar-refractivity contribution >= 4 is 5.95 Å². The number of benzene rings is 1. The van der Waals surface area contributed by atoms with Gasteiger partial charge in [0.2, 0.25) is 5.95 Å². The maximum atomic E-state index is 9.16. The van der Waals surface area contributed by atoms with Crippen molar-refractivity contribution in [3.63, 3.8) is 0 Å². The minimum atomic E-state index is 0.137. The second-order valence-electron chi connectivity index (χ2n) is 8.17. The predicted molar refractivity (Wildman–Crippen MR) is 120 cm³/mol. The number of aromatic nitrogens is 6. The highest BCUT2D eigenvalue weighted by atomic mass is 15.4. The third-order valence-electron chi connectivity index (χ3n) is 5.78.